The van der Waals surface area contributed by atoms with Gasteiger partial charge in [0, 0.05) is 13.5 Å². The van der Waals surface area contributed by atoms with Crippen LogP contribution in [0.1, 0.15) is 18.6 Å². The van der Waals surface area contributed by atoms with Crippen LogP contribution in [0, 0.1) is 0 Å². The van der Waals surface area contributed by atoms with Gasteiger partial charge in [0.2, 0.25) is 5.91 Å². The van der Waals surface area contributed by atoms with Gasteiger partial charge in [0.1, 0.15) is 18.0 Å². The number of benzene rings is 1. The zero-order chi connectivity index (χ0) is 13.0. The number of halogens is 1. The minimum Gasteiger partial charge on any atom is -0.506 e. The predicted molar refractivity (Wildman–Crippen MR) is 62.8 cm³/mol. The molecular weight excluding hydrogens is 246 g/mol. The maximum Gasteiger partial charge on any atom is 0.216 e. The van der Waals surface area contributed by atoms with Gasteiger partial charge in [-0.15, -0.1) is 0 Å². The number of carbonyl (C=O) groups excluding carboxylic acids is 1. The number of hydrogen-bond acceptors (Lipinski definition) is 4. The Bertz CT molecular complexity index is 410. The molecule has 0 fully saturated rings. The molecule has 0 aliphatic carbocycles. The van der Waals surface area contributed by atoms with Crippen LogP contribution in [0.4, 0.5) is 0 Å². The number of aliphatic hydroxyl groups is 2. The third-order valence-corrected chi connectivity index (χ3v) is 2.54. The third-order valence-electron chi connectivity index (χ3n) is 2.24. The van der Waals surface area contributed by atoms with Gasteiger partial charge in [-0.1, -0.05) is 17.7 Å². The van der Waals surface area contributed by atoms with Crippen molar-refractivity contribution in [2.24, 2.45) is 0 Å². The first kappa shape index (κ1) is 13.8. The number of hydrogen-bond donors (Lipinski definition) is 4. The van der Waals surface area contributed by atoms with Gasteiger partial charge in [0.05, 0.1) is 5.02 Å². The summed E-state index contributed by atoms with van der Waals surface area (Å²) in [5.41, 5.74) is 0.366. The van der Waals surface area contributed by atoms with Crippen molar-refractivity contribution in [3.63, 3.8) is 0 Å². The molecule has 0 heterocycles. The average Bonchev–Trinajstić information content (AvgIpc) is 2.28. The maximum atomic E-state index is 10.6. The van der Waals surface area contributed by atoms with E-state index >= 15 is 0 Å². The Morgan fingerprint density at radius 1 is 1.47 bits per heavy atom. The van der Waals surface area contributed by atoms with Gasteiger partial charge in [-0.05, 0) is 17.7 Å². The van der Waals surface area contributed by atoms with Crippen LogP contribution in [0.3, 0.4) is 0 Å². The SMILES string of the molecule is CC(=O)NCC(O)C(O)c1ccc(O)c(Cl)c1. The molecule has 1 aromatic rings. The summed E-state index contributed by atoms with van der Waals surface area (Å²) in [7, 11) is 0. The van der Waals surface area contributed by atoms with Crippen LogP contribution in [-0.2, 0) is 4.79 Å². The van der Waals surface area contributed by atoms with Crippen LogP contribution in [0.2, 0.25) is 5.02 Å². The monoisotopic (exact) mass is 259 g/mol. The lowest BCUT2D eigenvalue weighted by atomic mass is 10.0. The van der Waals surface area contributed by atoms with E-state index in [4.69, 9.17) is 11.6 Å². The average molecular weight is 260 g/mol. The van der Waals surface area contributed by atoms with Gasteiger partial charge in [-0.2, -0.15) is 0 Å². The number of aromatic hydroxyl groups is 1. The fraction of sp³-hybridized carbons (Fsp3) is 0.364. The van der Waals surface area contributed by atoms with Crippen molar-refractivity contribution < 1.29 is 20.1 Å². The van der Waals surface area contributed by atoms with E-state index in [1.165, 1.54) is 25.1 Å². The van der Waals surface area contributed by atoms with Crippen molar-refractivity contribution in [2.75, 3.05) is 6.54 Å². The molecule has 2 atom stereocenters. The number of aliphatic hydroxyl groups excluding tert-OH is 2. The summed E-state index contributed by atoms with van der Waals surface area (Å²) in [5, 5.41) is 31.1. The molecule has 17 heavy (non-hydrogen) atoms. The molecule has 1 aromatic carbocycles. The van der Waals surface area contributed by atoms with Gasteiger partial charge in [-0.25, -0.2) is 0 Å². The van der Waals surface area contributed by atoms with Gasteiger partial charge in [0.15, 0.2) is 0 Å². The second-order valence-electron chi connectivity index (χ2n) is 3.66. The number of rotatable bonds is 4. The van der Waals surface area contributed by atoms with Gasteiger partial charge in [0.25, 0.3) is 0 Å². The minimum absolute atomic E-state index is 0.0605. The van der Waals surface area contributed by atoms with E-state index in [1.54, 1.807) is 0 Å². The maximum absolute atomic E-state index is 10.6. The van der Waals surface area contributed by atoms with Crippen molar-refractivity contribution in [3.05, 3.63) is 28.8 Å². The Hall–Kier alpha value is -1.30. The zero-order valence-electron chi connectivity index (χ0n) is 9.22. The first-order valence-corrected chi connectivity index (χ1v) is 5.38. The van der Waals surface area contributed by atoms with E-state index < -0.39 is 12.2 Å². The molecule has 6 heteroatoms. The molecular formula is C11H14ClNO4. The number of amides is 1. The van der Waals surface area contributed by atoms with Crippen LogP contribution in [0.5, 0.6) is 5.75 Å². The first-order chi connectivity index (χ1) is 7.91. The molecule has 0 spiro atoms. The normalized spacial score (nSPS) is 14.1. The number of carbonyl (C=O) groups is 1. The lowest BCUT2D eigenvalue weighted by molar-refractivity contribution is -0.119. The lowest BCUT2D eigenvalue weighted by Gasteiger charge is -2.18. The van der Waals surface area contributed by atoms with Gasteiger partial charge >= 0.3 is 0 Å². The van der Waals surface area contributed by atoms with Crippen LogP contribution < -0.4 is 5.32 Å². The fourth-order valence-corrected chi connectivity index (χ4v) is 1.48. The molecule has 0 saturated carbocycles. The van der Waals surface area contributed by atoms with Crippen molar-refractivity contribution in [2.45, 2.75) is 19.1 Å². The second kappa shape index (κ2) is 5.86. The van der Waals surface area contributed by atoms with Gasteiger partial charge in [-0.3, -0.25) is 4.79 Å². The summed E-state index contributed by atoms with van der Waals surface area (Å²) in [4.78, 5) is 10.6. The second-order valence-corrected chi connectivity index (χ2v) is 4.07. The molecule has 0 aromatic heterocycles. The summed E-state index contributed by atoms with van der Waals surface area (Å²) in [6.45, 7) is 1.26. The van der Waals surface area contributed by atoms with Crippen molar-refractivity contribution in [1.29, 1.82) is 0 Å². The Kier molecular flexibility index (Phi) is 4.74. The first-order valence-electron chi connectivity index (χ1n) is 5.00. The van der Waals surface area contributed by atoms with Crippen molar-refractivity contribution in [1.82, 2.24) is 5.32 Å². The number of phenolic OH excluding ortho intramolecular Hbond substituents is 1. The van der Waals surface area contributed by atoms with E-state index in [0.29, 0.717) is 5.56 Å². The van der Waals surface area contributed by atoms with Crippen LogP contribution in [0.25, 0.3) is 0 Å². The summed E-state index contributed by atoms with van der Waals surface area (Å²) < 4.78 is 0. The van der Waals surface area contributed by atoms with E-state index in [0.717, 1.165) is 0 Å². The molecule has 1 amide bonds. The lowest BCUT2D eigenvalue weighted by Crippen LogP contribution is -2.34. The standard InChI is InChI=1S/C11H14ClNO4/c1-6(14)13-5-10(16)11(17)7-2-3-9(15)8(12)4-7/h2-4,10-11,15-17H,5H2,1H3,(H,13,14). The highest BCUT2D eigenvalue weighted by molar-refractivity contribution is 6.32. The Morgan fingerprint density at radius 2 is 2.12 bits per heavy atom. The predicted octanol–water partition coefficient (Wildman–Crippen LogP) is 0.576. The Labute approximate surface area is 104 Å². The highest BCUT2D eigenvalue weighted by Gasteiger charge is 2.19. The molecule has 1 rings (SSSR count). The third kappa shape index (κ3) is 3.89. The molecule has 0 radical (unpaired) electrons. The highest BCUT2D eigenvalue weighted by atomic mass is 35.5. The highest BCUT2D eigenvalue weighted by Crippen LogP contribution is 2.27. The number of nitrogens with one attached hydrogen (secondary N) is 1. The molecule has 0 aliphatic heterocycles. The van der Waals surface area contributed by atoms with Crippen LogP contribution >= 0.6 is 11.6 Å². The van der Waals surface area contributed by atoms with Crippen LogP contribution in [0.15, 0.2) is 18.2 Å². The largest absolute Gasteiger partial charge is 0.506 e. The zero-order valence-corrected chi connectivity index (χ0v) is 9.98. The van der Waals surface area contributed by atoms with E-state index in [-0.39, 0.29) is 23.2 Å². The summed E-state index contributed by atoms with van der Waals surface area (Å²) in [5.74, 6) is -0.390. The summed E-state index contributed by atoms with van der Waals surface area (Å²) >= 11 is 5.68. The molecule has 0 bridgehead atoms. The summed E-state index contributed by atoms with van der Waals surface area (Å²) in [6, 6.07) is 4.13. The van der Waals surface area contributed by atoms with Crippen molar-refractivity contribution in [3.8, 4) is 5.75 Å². The molecule has 4 N–H and O–H groups in total. The van der Waals surface area contributed by atoms with Crippen LogP contribution in [-0.4, -0.2) is 33.9 Å². The Balaban J connectivity index is 2.70. The molecule has 94 valence electrons. The summed E-state index contributed by atoms with van der Waals surface area (Å²) in [6.07, 6.45) is -2.32. The molecule has 2 unspecified atom stereocenters. The van der Waals surface area contributed by atoms with E-state index in [1.807, 2.05) is 0 Å². The smallest absolute Gasteiger partial charge is 0.216 e. The topological polar surface area (TPSA) is 89.8 Å². The van der Waals surface area contributed by atoms with Crippen molar-refractivity contribution >= 4 is 17.5 Å². The Morgan fingerprint density at radius 3 is 2.65 bits per heavy atom. The minimum atomic E-state index is -1.18. The van der Waals surface area contributed by atoms with E-state index in [2.05, 4.69) is 5.32 Å². The van der Waals surface area contributed by atoms with E-state index in [9.17, 15) is 20.1 Å². The fourth-order valence-electron chi connectivity index (χ4n) is 1.29. The van der Waals surface area contributed by atoms with Gasteiger partial charge < -0.3 is 20.6 Å². The molecule has 0 aliphatic rings. The quantitative estimate of drug-likeness (QED) is 0.637. The molecule has 5 nitrogen and oxygen atoms in total. The molecule has 0 saturated heterocycles. The number of phenols is 1.